The van der Waals surface area contributed by atoms with Crippen LogP contribution in [0.1, 0.15) is 30.6 Å². The van der Waals surface area contributed by atoms with E-state index >= 15 is 0 Å². The molecular weight excluding hydrogens is 384 g/mol. The monoisotopic (exact) mass is 398 g/mol. The highest BCUT2D eigenvalue weighted by Crippen LogP contribution is 2.32. The average Bonchev–Trinajstić information content (AvgIpc) is 2.47. The highest BCUT2D eigenvalue weighted by Gasteiger charge is 2.14. The SMILES string of the molecule is CCCOc1cccc(C(O)c2cc(Br)ccc2Br)c1. The molecule has 1 N–H and O–H groups in total. The molecule has 0 aliphatic carbocycles. The van der Waals surface area contributed by atoms with E-state index in [9.17, 15) is 5.11 Å². The molecule has 0 bridgehead atoms. The molecule has 106 valence electrons. The number of hydrogen-bond donors (Lipinski definition) is 1. The number of benzene rings is 2. The average molecular weight is 400 g/mol. The summed E-state index contributed by atoms with van der Waals surface area (Å²) in [6, 6.07) is 13.3. The number of aliphatic hydroxyl groups is 1. The smallest absolute Gasteiger partial charge is 0.119 e. The Balaban J connectivity index is 2.28. The third-order valence-electron chi connectivity index (χ3n) is 2.90. The van der Waals surface area contributed by atoms with Crippen LogP contribution >= 0.6 is 31.9 Å². The largest absolute Gasteiger partial charge is 0.494 e. The number of hydrogen-bond acceptors (Lipinski definition) is 2. The van der Waals surface area contributed by atoms with Gasteiger partial charge in [0.1, 0.15) is 11.9 Å². The fourth-order valence-corrected chi connectivity index (χ4v) is 2.74. The summed E-state index contributed by atoms with van der Waals surface area (Å²) in [7, 11) is 0. The Kier molecular flexibility index (Phi) is 5.64. The summed E-state index contributed by atoms with van der Waals surface area (Å²) < 4.78 is 7.42. The second kappa shape index (κ2) is 7.25. The minimum atomic E-state index is -0.688. The molecule has 1 atom stereocenters. The lowest BCUT2D eigenvalue weighted by Gasteiger charge is -2.15. The zero-order valence-corrected chi connectivity index (χ0v) is 14.3. The maximum Gasteiger partial charge on any atom is 0.119 e. The molecule has 2 aromatic carbocycles. The van der Waals surface area contributed by atoms with Crippen molar-refractivity contribution < 1.29 is 9.84 Å². The quantitative estimate of drug-likeness (QED) is 0.759. The molecule has 2 rings (SSSR count). The minimum absolute atomic E-state index is 0.681. The Bertz CT molecular complexity index is 584. The molecule has 20 heavy (non-hydrogen) atoms. The van der Waals surface area contributed by atoms with Crippen molar-refractivity contribution in [3.05, 3.63) is 62.5 Å². The predicted molar refractivity (Wildman–Crippen MR) is 88.1 cm³/mol. The van der Waals surface area contributed by atoms with Crippen molar-refractivity contribution in [2.45, 2.75) is 19.4 Å². The van der Waals surface area contributed by atoms with Gasteiger partial charge in [-0.2, -0.15) is 0 Å². The second-order valence-electron chi connectivity index (χ2n) is 4.49. The van der Waals surface area contributed by atoms with Gasteiger partial charge in [-0.3, -0.25) is 0 Å². The van der Waals surface area contributed by atoms with Crippen LogP contribution in [0, 0.1) is 0 Å². The van der Waals surface area contributed by atoms with Crippen molar-refractivity contribution in [1.29, 1.82) is 0 Å². The van der Waals surface area contributed by atoms with Crippen molar-refractivity contribution in [3.63, 3.8) is 0 Å². The molecule has 0 saturated carbocycles. The highest BCUT2D eigenvalue weighted by molar-refractivity contribution is 9.11. The zero-order chi connectivity index (χ0) is 14.5. The van der Waals surface area contributed by atoms with Crippen LogP contribution in [0.4, 0.5) is 0 Å². The van der Waals surface area contributed by atoms with Crippen molar-refractivity contribution in [1.82, 2.24) is 0 Å². The Labute approximate surface area is 136 Å². The van der Waals surface area contributed by atoms with Crippen LogP contribution in [-0.4, -0.2) is 11.7 Å². The number of halogens is 2. The van der Waals surface area contributed by atoms with Gasteiger partial charge in [-0.15, -0.1) is 0 Å². The first-order valence-corrected chi connectivity index (χ1v) is 8.06. The van der Waals surface area contributed by atoms with Gasteiger partial charge in [0.05, 0.1) is 6.61 Å². The molecule has 4 heteroatoms. The van der Waals surface area contributed by atoms with Gasteiger partial charge in [-0.25, -0.2) is 0 Å². The summed E-state index contributed by atoms with van der Waals surface area (Å²) in [5, 5.41) is 10.5. The molecule has 0 fully saturated rings. The van der Waals surface area contributed by atoms with Gasteiger partial charge >= 0.3 is 0 Å². The maximum absolute atomic E-state index is 10.5. The van der Waals surface area contributed by atoms with Gasteiger partial charge in [0.15, 0.2) is 0 Å². The molecule has 0 aromatic heterocycles. The van der Waals surface area contributed by atoms with E-state index in [1.165, 1.54) is 0 Å². The van der Waals surface area contributed by atoms with Crippen molar-refractivity contribution in [2.75, 3.05) is 6.61 Å². The standard InChI is InChI=1S/C16H16Br2O2/c1-2-8-20-13-5-3-4-11(9-13)16(19)14-10-12(17)6-7-15(14)18/h3-7,9-10,16,19H,2,8H2,1H3. The molecule has 0 spiro atoms. The van der Waals surface area contributed by atoms with E-state index in [0.717, 1.165) is 32.2 Å². The first-order chi connectivity index (χ1) is 9.61. The predicted octanol–water partition coefficient (Wildman–Crippen LogP) is 5.08. The zero-order valence-electron chi connectivity index (χ0n) is 11.1. The minimum Gasteiger partial charge on any atom is -0.494 e. The van der Waals surface area contributed by atoms with Crippen LogP contribution in [0.2, 0.25) is 0 Å². The molecule has 0 aliphatic heterocycles. The molecule has 0 saturated heterocycles. The Morgan fingerprint density at radius 2 is 1.95 bits per heavy atom. The number of rotatable bonds is 5. The molecule has 0 amide bonds. The van der Waals surface area contributed by atoms with E-state index in [-0.39, 0.29) is 0 Å². The highest BCUT2D eigenvalue weighted by atomic mass is 79.9. The third kappa shape index (κ3) is 3.84. The summed E-state index contributed by atoms with van der Waals surface area (Å²) in [5.74, 6) is 0.787. The lowest BCUT2D eigenvalue weighted by molar-refractivity contribution is 0.218. The van der Waals surface area contributed by atoms with E-state index < -0.39 is 6.10 Å². The van der Waals surface area contributed by atoms with Gasteiger partial charge in [0.25, 0.3) is 0 Å². The first kappa shape index (κ1) is 15.5. The molecule has 0 aliphatic rings. The van der Waals surface area contributed by atoms with Gasteiger partial charge < -0.3 is 9.84 Å². The van der Waals surface area contributed by atoms with E-state index in [0.29, 0.717) is 6.61 Å². The van der Waals surface area contributed by atoms with Gasteiger partial charge in [-0.1, -0.05) is 50.9 Å². The number of ether oxygens (including phenoxy) is 1. The van der Waals surface area contributed by atoms with Crippen molar-refractivity contribution >= 4 is 31.9 Å². The topological polar surface area (TPSA) is 29.5 Å². The first-order valence-electron chi connectivity index (χ1n) is 6.47. The third-order valence-corrected chi connectivity index (χ3v) is 4.11. The molecular formula is C16H16Br2O2. The molecule has 2 aromatic rings. The molecule has 2 nitrogen and oxygen atoms in total. The summed E-state index contributed by atoms with van der Waals surface area (Å²) in [4.78, 5) is 0. The van der Waals surface area contributed by atoms with Crippen LogP contribution in [0.3, 0.4) is 0 Å². The van der Waals surface area contributed by atoms with Crippen LogP contribution in [0.15, 0.2) is 51.4 Å². The fourth-order valence-electron chi connectivity index (χ4n) is 1.90. The van der Waals surface area contributed by atoms with Crippen LogP contribution in [0.25, 0.3) is 0 Å². The fraction of sp³-hybridized carbons (Fsp3) is 0.250. The van der Waals surface area contributed by atoms with Gasteiger partial charge in [0, 0.05) is 14.5 Å². The Morgan fingerprint density at radius 3 is 2.70 bits per heavy atom. The van der Waals surface area contributed by atoms with E-state index in [1.54, 1.807) is 0 Å². The Hall–Kier alpha value is -0.840. The van der Waals surface area contributed by atoms with Crippen LogP contribution < -0.4 is 4.74 Å². The van der Waals surface area contributed by atoms with Gasteiger partial charge in [-0.05, 0) is 42.3 Å². The maximum atomic E-state index is 10.5. The van der Waals surface area contributed by atoms with Crippen molar-refractivity contribution in [3.8, 4) is 5.75 Å². The lowest BCUT2D eigenvalue weighted by Crippen LogP contribution is -2.02. The van der Waals surface area contributed by atoms with Gasteiger partial charge in [0.2, 0.25) is 0 Å². The van der Waals surface area contributed by atoms with Crippen LogP contribution in [-0.2, 0) is 0 Å². The summed E-state index contributed by atoms with van der Waals surface area (Å²) in [6.07, 6.45) is 0.274. The number of aliphatic hydroxyl groups excluding tert-OH is 1. The Morgan fingerprint density at radius 1 is 1.15 bits per heavy atom. The molecule has 1 unspecified atom stereocenters. The second-order valence-corrected chi connectivity index (χ2v) is 6.26. The van der Waals surface area contributed by atoms with Crippen LogP contribution in [0.5, 0.6) is 5.75 Å². The van der Waals surface area contributed by atoms with E-state index in [4.69, 9.17) is 4.74 Å². The lowest BCUT2D eigenvalue weighted by atomic mass is 10.0. The van der Waals surface area contributed by atoms with Crippen molar-refractivity contribution in [2.24, 2.45) is 0 Å². The normalized spacial score (nSPS) is 12.2. The van der Waals surface area contributed by atoms with E-state index in [1.807, 2.05) is 42.5 Å². The summed E-state index contributed by atoms with van der Waals surface area (Å²) in [5.41, 5.74) is 1.64. The summed E-state index contributed by atoms with van der Waals surface area (Å²) >= 11 is 6.91. The van der Waals surface area contributed by atoms with E-state index in [2.05, 4.69) is 38.8 Å². The summed E-state index contributed by atoms with van der Waals surface area (Å²) in [6.45, 7) is 2.75. The molecule has 0 radical (unpaired) electrons. The molecule has 0 heterocycles.